The Labute approximate surface area is 152 Å². The van der Waals surface area contributed by atoms with Crippen molar-refractivity contribution in [3.05, 3.63) is 75.3 Å². The van der Waals surface area contributed by atoms with Crippen LogP contribution in [0.4, 0.5) is 10.5 Å². The molecule has 2 aromatic carbocycles. The third-order valence-corrected chi connectivity index (χ3v) is 3.74. The number of urea groups is 1. The van der Waals surface area contributed by atoms with Gasteiger partial charge in [-0.3, -0.25) is 10.1 Å². The van der Waals surface area contributed by atoms with E-state index >= 15 is 0 Å². The van der Waals surface area contributed by atoms with Crippen LogP contribution in [0.15, 0.2) is 48.5 Å². The van der Waals surface area contributed by atoms with Gasteiger partial charge in [-0.15, -0.1) is 0 Å². The highest BCUT2D eigenvalue weighted by Crippen LogP contribution is 2.13. The Morgan fingerprint density at radius 3 is 2.54 bits per heavy atom. The van der Waals surface area contributed by atoms with E-state index in [0.29, 0.717) is 25.3 Å². The van der Waals surface area contributed by atoms with Gasteiger partial charge in [-0.05, 0) is 23.1 Å². The van der Waals surface area contributed by atoms with Crippen LogP contribution in [-0.4, -0.2) is 17.6 Å². The molecule has 0 atom stereocenters. The lowest BCUT2D eigenvalue weighted by atomic mass is 10.1. The van der Waals surface area contributed by atoms with Crippen LogP contribution in [0.25, 0.3) is 0 Å². The van der Waals surface area contributed by atoms with Crippen LogP contribution in [0.2, 0.25) is 0 Å². The topological polar surface area (TPSA) is 93.5 Å². The molecule has 2 amide bonds. The lowest BCUT2D eigenvalue weighted by Gasteiger charge is -2.12. The Kier molecular flexibility index (Phi) is 7.57. The first kappa shape index (κ1) is 19.4. The third-order valence-electron chi connectivity index (χ3n) is 3.74. The number of nitrogens with zero attached hydrogens (tertiary/aromatic N) is 1. The van der Waals surface area contributed by atoms with Crippen LogP contribution in [0, 0.1) is 10.1 Å². The van der Waals surface area contributed by atoms with E-state index in [2.05, 4.69) is 17.6 Å². The monoisotopic (exact) mass is 357 g/mol. The zero-order chi connectivity index (χ0) is 18.8. The van der Waals surface area contributed by atoms with E-state index in [1.807, 2.05) is 24.3 Å². The molecule has 0 bridgehead atoms. The number of amides is 2. The van der Waals surface area contributed by atoms with Crippen molar-refractivity contribution in [2.24, 2.45) is 0 Å². The van der Waals surface area contributed by atoms with E-state index in [-0.39, 0.29) is 18.3 Å². The summed E-state index contributed by atoms with van der Waals surface area (Å²) >= 11 is 0. The summed E-state index contributed by atoms with van der Waals surface area (Å²) in [5.41, 5.74) is 2.71. The second-order valence-corrected chi connectivity index (χ2v) is 5.78. The molecule has 0 aromatic heterocycles. The summed E-state index contributed by atoms with van der Waals surface area (Å²) < 4.78 is 5.57. The molecule has 26 heavy (non-hydrogen) atoms. The lowest BCUT2D eigenvalue weighted by molar-refractivity contribution is -0.384. The molecule has 138 valence electrons. The molecule has 0 saturated heterocycles. The van der Waals surface area contributed by atoms with E-state index in [1.165, 1.54) is 12.1 Å². The average molecular weight is 357 g/mol. The second kappa shape index (κ2) is 10.1. The molecule has 0 saturated carbocycles. The molecule has 0 aliphatic heterocycles. The molecule has 0 heterocycles. The molecule has 2 rings (SSSR count). The second-order valence-electron chi connectivity index (χ2n) is 5.78. The van der Waals surface area contributed by atoms with Gasteiger partial charge in [0.05, 0.1) is 11.5 Å². The SMILES string of the molecule is CCCOCc1ccccc1CNC(=O)NCc1cccc([N+](=O)[O-])c1. The van der Waals surface area contributed by atoms with Crippen LogP contribution in [0.5, 0.6) is 0 Å². The van der Waals surface area contributed by atoms with E-state index in [9.17, 15) is 14.9 Å². The van der Waals surface area contributed by atoms with Gasteiger partial charge in [0.15, 0.2) is 0 Å². The zero-order valence-corrected chi connectivity index (χ0v) is 14.7. The Morgan fingerprint density at radius 2 is 1.81 bits per heavy atom. The molecule has 0 fully saturated rings. The number of rotatable bonds is 9. The fourth-order valence-corrected chi connectivity index (χ4v) is 2.40. The van der Waals surface area contributed by atoms with Crippen LogP contribution >= 0.6 is 0 Å². The third kappa shape index (κ3) is 6.18. The average Bonchev–Trinajstić information content (AvgIpc) is 2.66. The van der Waals surface area contributed by atoms with Crippen molar-refractivity contribution < 1.29 is 14.5 Å². The van der Waals surface area contributed by atoms with Gasteiger partial charge in [0, 0.05) is 31.8 Å². The summed E-state index contributed by atoms with van der Waals surface area (Å²) in [7, 11) is 0. The van der Waals surface area contributed by atoms with Gasteiger partial charge in [-0.2, -0.15) is 0 Å². The normalized spacial score (nSPS) is 10.3. The number of hydrogen-bond donors (Lipinski definition) is 2. The number of nitro groups is 1. The highest BCUT2D eigenvalue weighted by atomic mass is 16.6. The molecule has 0 unspecified atom stereocenters. The maximum Gasteiger partial charge on any atom is 0.315 e. The molecular weight excluding hydrogens is 334 g/mol. The predicted octanol–water partition coefficient (Wildman–Crippen LogP) is 3.52. The maximum absolute atomic E-state index is 12.0. The standard InChI is InChI=1S/C19H23N3O4/c1-2-10-26-14-17-8-4-3-7-16(17)13-21-19(23)20-12-15-6-5-9-18(11-15)22(24)25/h3-9,11H,2,10,12-14H2,1H3,(H2,20,21,23). The Hall–Kier alpha value is -2.93. The molecule has 7 nitrogen and oxygen atoms in total. The summed E-state index contributed by atoms with van der Waals surface area (Å²) in [6.07, 6.45) is 0.959. The molecule has 7 heteroatoms. The van der Waals surface area contributed by atoms with Crippen molar-refractivity contribution >= 4 is 11.7 Å². The summed E-state index contributed by atoms with van der Waals surface area (Å²) in [6, 6.07) is 13.6. The van der Waals surface area contributed by atoms with Gasteiger partial charge in [-0.1, -0.05) is 43.3 Å². The fourth-order valence-electron chi connectivity index (χ4n) is 2.40. The minimum atomic E-state index is -0.457. The Balaban J connectivity index is 1.84. The summed E-state index contributed by atoms with van der Waals surface area (Å²) in [5.74, 6) is 0. The first-order chi connectivity index (χ1) is 12.6. The molecule has 0 aliphatic carbocycles. The van der Waals surface area contributed by atoms with Crippen molar-refractivity contribution in [3.63, 3.8) is 0 Å². The minimum Gasteiger partial charge on any atom is -0.377 e. The van der Waals surface area contributed by atoms with Crippen LogP contribution < -0.4 is 10.6 Å². The number of carbonyl (C=O) groups excluding carboxylic acids is 1. The van der Waals surface area contributed by atoms with Crippen molar-refractivity contribution in [3.8, 4) is 0 Å². The van der Waals surface area contributed by atoms with Gasteiger partial charge >= 0.3 is 6.03 Å². The number of nitro benzene ring substituents is 1. The van der Waals surface area contributed by atoms with Gasteiger partial charge in [0.25, 0.3) is 5.69 Å². The van der Waals surface area contributed by atoms with E-state index in [0.717, 1.165) is 17.5 Å². The zero-order valence-electron chi connectivity index (χ0n) is 14.7. The smallest absolute Gasteiger partial charge is 0.315 e. The van der Waals surface area contributed by atoms with Crippen molar-refractivity contribution in [2.75, 3.05) is 6.61 Å². The lowest BCUT2D eigenvalue weighted by Crippen LogP contribution is -2.34. The van der Waals surface area contributed by atoms with E-state index < -0.39 is 4.92 Å². The van der Waals surface area contributed by atoms with E-state index in [4.69, 9.17) is 4.74 Å². The predicted molar refractivity (Wildman–Crippen MR) is 98.6 cm³/mol. The van der Waals surface area contributed by atoms with Gasteiger partial charge in [0.2, 0.25) is 0 Å². The van der Waals surface area contributed by atoms with Gasteiger partial charge in [0.1, 0.15) is 0 Å². The first-order valence-electron chi connectivity index (χ1n) is 8.49. The molecule has 2 aromatic rings. The molecular formula is C19H23N3O4. The summed E-state index contributed by atoms with van der Waals surface area (Å²) in [4.78, 5) is 22.3. The van der Waals surface area contributed by atoms with Crippen LogP contribution in [0.3, 0.4) is 0 Å². The Bertz CT molecular complexity index is 749. The number of hydrogen-bond acceptors (Lipinski definition) is 4. The maximum atomic E-state index is 12.0. The number of benzene rings is 2. The summed E-state index contributed by atoms with van der Waals surface area (Å²) in [5, 5.41) is 16.3. The number of non-ortho nitro benzene ring substituents is 1. The van der Waals surface area contributed by atoms with Crippen molar-refractivity contribution in [1.29, 1.82) is 0 Å². The molecule has 0 spiro atoms. The fraction of sp³-hybridized carbons (Fsp3) is 0.316. The number of nitrogens with one attached hydrogen (secondary N) is 2. The molecule has 0 aliphatic rings. The van der Waals surface area contributed by atoms with Crippen LogP contribution in [-0.2, 0) is 24.4 Å². The minimum absolute atomic E-state index is 0.00529. The highest BCUT2D eigenvalue weighted by Gasteiger charge is 2.08. The largest absolute Gasteiger partial charge is 0.377 e. The highest BCUT2D eigenvalue weighted by molar-refractivity contribution is 5.73. The number of carbonyl (C=O) groups is 1. The van der Waals surface area contributed by atoms with Gasteiger partial charge in [-0.25, -0.2) is 4.79 Å². The van der Waals surface area contributed by atoms with E-state index in [1.54, 1.807) is 12.1 Å². The molecule has 2 N–H and O–H groups in total. The van der Waals surface area contributed by atoms with Crippen molar-refractivity contribution in [1.82, 2.24) is 10.6 Å². The molecule has 0 radical (unpaired) electrons. The quantitative estimate of drug-likeness (QED) is 0.408. The van der Waals surface area contributed by atoms with Crippen molar-refractivity contribution in [2.45, 2.75) is 33.0 Å². The Morgan fingerprint density at radius 1 is 1.08 bits per heavy atom. The van der Waals surface area contributed by atoms with Gasteiger partial charge < -0.3 is 15.4 Å². The summed E-state index contributed by atoms with van der Waals surface area (Å²) in [6.45, 7) is 3.87. The number of ether oxygens (including phenoxy) is 1. The first-order valence-corrected chi connectivity index (χ1v) is 8.49. The van der Waals surface area contributed by atoms with Crippen LogP contribution in [0.1, 0.15) is 30.0 Å².